The second-order valence-electron chi connectivity index (χ2n) is 19.9. The molecule has 1 saturated carbocycles. The Bertz CT molecular complexity index is 2620. The number of aromatic nitrogens is 4. The summed E-state index contributed by atoms with van der Waals surface area (Å²) in [7, 11) is 1.94. The lowest BCUT2D eigenvalue weighted by Crippen LogP contribution is -2.74. The number of hydrogen-bond donors (Lipinski definition) is 4. The van der Waals surface area contributed by atoms with Crippen molar-refractivity contribution in [2.45, 2.75) is 124 Å². The average molecular weight is 963 g/mol. The molecule has 1 saturated heterocycles. The van der Waals surface area contributed by atoms with Gasteiger partial charge in [-0.2, -0.15) is 5.26 Å². The monoisotopic (exact) mass is 961 g/mol. The predicted octanol–water partition coefficient (Wildman–Crippen LogP) is 8.79. The number of nitrogens with one attached hydrogen (secondary N) is 3. The summed E-state index contributed by atoms with van der Waals surface area (Å²) in [6.45, 7) is 17.0. The van der Waals surface area contributed by atoms with Gasteiger partial charge in [-0.1, -0.05) is 83.8 Å². The minimum atomic E-state index is -0.800. The SMILES string of the molecule is Cc1ncsc1-c1ccc([C@H](C)NC(=O)[C@@H]2C[C@@H](O)CN2C(=O)[C@@H](c2ncc(CCCCCNc3ccc(C(=O)NC4C(C)(C)C(Oc5ccc(C#N)c(Cl)c5)C4(C)C)nc3)n2C)C(C)C)cc1. The largest absolute Gasteiger partial charge is 0.489 e. The Balaban J connectivity index is 0.861. The Morgan fingerprint density at radius 1 is 0.985 bits per heavy atom. The number of ether oxygens (including phenoxy) is 1. The average Bonchev–Trinajstić information content (AvgIpc) is 4.03. The van der Waals surface area contributed by atoms with Gasteiger partial charge in [-0.05, 0) is 74.4 Å². The predicted molar refractivity (Wildman–Crippen MR) is 265 cm³/mol. The van der Waals surface area contributed by atoms with Crippen LogP contribution in [0.15, 0.2) is 72.5 Å². The van der Waals surface area contributed by atoms with Crippen LogP contribution in [0.25, 0.3) is 10.4 Å². The van der Waals surface area contributed by atoms with Crippen molar-refractivity contribution in [3.63, 3.8) is 0 Å². The highest BCUT2D eigenvalue weighted by Gasteiger charge is 2.64. The molecule has 0 spiro atoms. The van der Waals surface area contributed by atoms with Gasteiger partial charge in [-0.3, -0.25) is 14.4 Å². The van der Waals surface area contributed by atoms with Gasteiger partial charge in [0.25, 0.3) is 5.91 Å². The van der Waals surface area contributed by atoms with Crippen LogP contribution in [0.1, 0.15) is 125 Å². The van der Waals surface area contributed by atoms with Gasteiger partial charge in [-0.25, -0.2) is 15.0 Å². The van der Waals surface area contributed by atoms with E-state index in [1.165, 1.54) is 0 Å². The number of aliphatic hydroxyl groups is 1. The number of β-amino-alcohol motifs (C(OH)–C–C–N with tert-alkyl or cyclic N) is 1. The van der Waals surface area contributed by atoms with Crippen molar-refractivity contribution in [3.8, 4) is 22.3 Å². The smallest absolute Gasteiger partial charge is 0.270 e. The molecule has 2 aromatic carbocycles. The van der Waals surface area contributed by atoms with Crippen molar-refractivity contribution in [2.75, 3.05) is 18.4 Å². The molecule has 0 bridgehead atoms. The van der Waals surface area contributed by atoms with Crippen LogP contribution in [0.4, 0.5) is 5.69 Å². The standard InChI is InChI=1S/C52H64ClN9O5S/c1-30(2)43(48(66)62-28-38(63)23-42(62)47(65)59-31(3)33-14-16-34(17-15-33)44-32(4)58-29-68-44)45-57-27-37(61(45)9)13-11-10-12-22-55-36-19-21-41(56-26-36)46(64)60-49-51(5,6)50(52(49,7)8)67-39-20-18-35(25-54)40(53)24-39/h14-21,24,26-27,29-31,38,42-43,49-50,55,63H,10-13,22-23,28H2,1-9H3,(H,59,65)(H,60,64)/t31-,38+,42-,43+,49?,50?/m0/s1. The molecule has 0 radical (unpaired) electrons. The third-order valence-electron chi connectivity index (χ3n) is 13.8. The third kappa shape index (κ3) is 10.6. The fraction of sp³-hybridized carbons (Fsp3) is 0.481. The quantitative estimate of drug-likeness (QED) is 0.0619. The van der Waals surface area contributed by atoms with Crippen LogP contribution in [0, 0.1) is 35.0 Å². The molecule has 0 unspecified atom stereocenters. The van der Waals surface area contributed by atoms with E-state index < -0.39 is 28.9 Å². The van der Waals surface area contributed by atoms with E-state index in [0.717, 1.165) is 65.3 Å². The summed E-state index contributed by atoms with van der Waals surface area (Å²) < 4.78 is 8.37. The highest BCUT2D eigenvalue weighted by atomic mass is 35.5. The van der Waals surface area contributed by atoms with E-state index in [0.29, 0.717) is 27.9 Å². The first-order valence-electron chi connectivity index (χ1n) is 23.5. The van der Waals surface area contributed by atoms with Crippen molar-refractivity contribution in [2.24, 2.45) is 23.8 Å². The Labute approximate surface area is 408 Å². The van der Waals surface area contributed by atoms with Crippen LogP contribution < -0.4 is 20.7 Å². The Morgan fingerprint density at radius 2 is 1.72 bits per heavy atom. The highest BCUT2D eigenvalue weighted by molar-refractivity contribution is 7.13. The van der Waals surface area contributed by atoms with Crippen LogP contribution in [-0.4, -0.2) is 84.6 Å². The molecule has 3 aromatic heterocycles. The van der Waals surface area contributed by atoms with Gasteiger partial charge in [-0.15, -0.1) is 11.3 Å². The number of nitriles is 1. The van der Waals surface area contributed by atoms with Crippen molar-refractivity contribution >= 4 is 46.3 Å². The van der Waals surface area contributed by atoms with Crippen molar-refractivity contribution in [1.29, 1.82) is 5.26 Å². The molecule has 68 heavy (non-hydrogen) atoms. The molecule has 2 fully saturated rings. The molecule has 14 nitrogen and oxygen atoms in total. The second-order valence-corrected chi connectivity index (χ2v) is 21.1. The van der Waals surface area contributed by atoms with E-state index in [4.69, 9.17) is 21.3 Å². The van der Waals surface area contributed by atoms with Crippen LogP contribution >= 0.6 is 22.9 Å². The summed E-state index contributed by atoms with van der Waals surface area (Å²) in [5.41, 5.74) is 6.62. The zero-order valence-electron chi connectivity index (χ0n) is 40.5. The number of aliphatic hydroxyl groups excluding tert-OH is 1. The van der Waals surface area contributed by atoms with Gasteiger partial charge in [0.2, 0.25) is 11.8 Å². The first-order valence-corrected chi connectivity index (χ1v) is 24.7. The van der Waals surface area contributed by atoms with E-state index in [2.05, 4.69) is 59.7 Å². The zero-order valence-corrected chi connectivity index (χ0v) is 42.0. The lowest BCUT2D eigenvalue weighted by atomic mass is 9.49. The number of halogens is 1. The van der Waals surface area contributed by atoms with E-state index >= 15 is 0 Å². The maximum atomic E-state index is 14.4. The molecular weight excluding hydrogens is 898 g/mol. The van der Waals surface area contributed by atoms with Gasteiger partial charge in [0.15, 0.2) is 0 Å². The van der Waals surface area contributed by atoms with Gasteiger partial charge < -0.3 is 35.3 Å². The maximum Gasteiger partial charge on any atom is 0.270 e. The van der Waals surface area contributed by atoms with Crippen LogP contribution in [0.2, 0.25) is 5.02 Å². The lowest BCUT2D eigenvalue weighted by molar-refractivity contribution is -0.164. The summed E-state index contributed by atoms with van der Waals surface area (Å²) in [6.07, 6.45) is 6.28. The number of pyridine rings is 1. The summed E-state index contributed by atoms with van der Waals surface area (Å²) in [5.74, 6) is -0.200. The minimum absolute atomic E-state index is 0.0901. The molecule has 4 atom stereocenters. The number of hydrogen-bond acceptors (Lipinski definition) is 11. The maximum absolute atomic E-state index is 14.4. The number of imidazole rings is 1. The number of rotatable bonds is 18. The molecule has 4 heterocycles. The summed E-state index contributed by atoms with van der Waals surface area (Å²) in [5, 5.41) is 30.0. The Morgan fingerprint density at radius 3 is 2.35 bits per heavy atom. The number of anilines is 1. The fourth-order valence-electron chi connectivity index (χ4n) is 10.3. The molecule has 4 N–H and O–H groups in total. The normalized spacial score (nSPS) is 20.2. The first kappa shape index (κ1) is 50.1. The lowest BCUT2D eigenvalue weighted by Gasteiger charge is -2.63. The van der Waals surface area contributed by atoms with E-state index in [-0.39, 0.29) is 54.8 Å². The van der Waals surface area contributed by atoms with Gasteiger partial charge in [0, 0.05) is 61.4 Å². The Kier molecular flexibility index (Phi) is 15.3. The van der Waals surface area contributed by atoms with Crippen LogP contribution in [0.3, 0.4) is 0 Å². The molecular formula is C52H64ClN9O5S. The second kappa shape index (κ2) is 20.8. The number of unbranched alkanes of at least 4 members (excludes halogenated alkanes) is 2. The van der Waals surface area contributed by atoms with E-state index in [1.54, 1.807) is 46.7 Å². The van der Waals surface area contributed by atoms with Crippen LogP contribution in [0.5, 0.6) is 5.75 Å². The summed E-state index contributed by atoms with van der Waals surface area (Å²) in [6, 6.07) is 17.5. The molecule has 1 aliphatic carbocycles. The summed E-state index contributed by atoms with van der Waals surface area (Å²) >= 11 is 7.84. The molecule has 3 amide bonds. The molecule has 5 aromatic rings. The van der Waals surface area contributed by atoms with Crippen LogP contribution in [-0.2, 0) is 23.1 Å². The number of carbonyl (C=O) groups is 3. The molecule has 7 rings (SSSR count). The van der Waals surface area contributed by atoms with Crippen molar-refractivity contribution in [1.82, 2.24) is 35.1 Å². The van der Waals surface area contributed by atoms with Crippen molar-refractivity contribution in [3.05, 3.63) is 112 Å². The molecule has 1 aliphatic heterocycles. The van der Waals surface area contributed by atoms with Gasteiger partial charge in [0.1, 0.15) is 35.5 Å². The van der Waals surface area contributed by atoms with Gasteiger partial charge >= 0.3 is 0 Å². The van der Waals surface area contributed by atoms with Crippen molar-refractivity contribution < 1.29 is 24.2 Å². The first-order chi connectivity index (χ1) is 32.3. The zero-order chi connectivity index (χ0) is 49.1. The number of thiazole rings is 1. The number of likely N-dealkylation sites (tertiary alicyclic amines) is 1. The minimum Gasteiger partial charge on any atom is -0.489 e. The Hall–Kier alpha value is -5.82. The van der Waals surface area contributed by atoms with E-state index in [1.807, 2.05) is 81.3 Å². The van der Waals surface area contributed by atoms with E-state index in [9.17, 15) is 24.8 Å². The number of aryl methyl sites for hydroxylation is 2. The molecule has 2 aliphatic rings. The number of amides is 3. The number of carbonyl (C=O) groups excluding carboxylic acids is 3. The summed E-state index contributed by atoms with van der Waals surface area (Å²) in [4.78, 5) is 57.8. The topological polar surface area (TPSA) is 187 Å². The highest BCUT2D eigenvalue weighted by Crippen LogP contribution is 2.55. The molecule has 16 heteroatoms. The third-order valence-corrected chi connectivity index (χ3v) is 15.1. The van der Waals surface area contributed by atoms with Gasteiger partial charge in [0.05, 0.1) is 56.6 Å². The fourth-order valence-corrected chi connectivity index (χ4v) is 11.4. The number of nitrogens with zero attached hydrogens (tertiary/aromatic N) is 6. The molecule has 360 valence electrons. The number of benzene rings is 2.